The van der Waals surface area contributed by atoms with Crippen LogP contribution in [0.4, 0.5) is 4.79 Å². The summed E-state index contributed by atoms with van der Waals surface area (Å²) in [5.74, 6) is 0. The van der Waals surface area contributed by atoms with Gasteiger partial charge in [0.1, 0.15) is 0 Å². The number of hydrogen-bond donors (Lipinski definition) is 2. The molecule has 24 heavy (non-hydrogen) atoms. The van der Waals surface area contributed by atoms with Gasteiger partial charge in [-0.2, -0.15) is 0 Å². The molecule has 1 heterocycles. The number of hydrogen-bond acceptors (Lipinski definition) is 3. The number of aliphatic hydroxyl groups is 1. The highest BCUT2D eigenvalue weighted by Gasteiger charge is 2.34. The molecule has 2 aliphatic rings. The first-order valence-electron chi connectivity index (χ1n) is 9.13. The molecule has 1 aliphatic carbocycles. The number of urea groups is 1. The lowest BCUT2D eigenvalue weighted by atomic mass is 9.97. The third kappa shape index (κ3) is 4.48. The van der Waals surface area contributed by atoms with Crippen LogP contribution in [0.2, 0.25) is 0 Å². The molecule has 1 aromatic rings. The summed E-state index contributed by atoms with van der Waals surface area (Å²) in [4.78, 5) is 16.7. The van der Waals surface area contributed by atoms with Gasteiger partial charge in [0.25, 0.3) is 0 Å². The Balaban J connectivity index is 1.49. The molecule has 5 heteroatoms. The summed E-state index contributed by atoms with van der Waals surface area (Å²) in [6.07, 6.45) is 4.11. The second kappa shape index (κ2) is 7.99. The largest absolute Gasteiger partial charge is 0.395 e. The van der Waals surface area contributed by atoms with E-state index in [0.717, 1.165) is 38.8 Å². The van der Waals surface area contributed by atoms with E-state index >= 15 is 0 Å². The summed E-state index contributed by atoms with van der Waals surface area (Å²) in [6.45, 7) is 4.70. The van der Waals surface area contributed by atoms with Gasteiger partial charge in [0.05, 0.1) is 6.61 Å². The van der Waals surface area contributed by atoms with Gasteiger partial charge >= 0.3 is 6.03 Å². The van der Waals surface area contributed by atoms with Gasteiger partial charge in [0.15, 0.2) is 0 Å². The maximum atomic E-state index is 12.5. The number of aliphatic hydroxyl groups excluding tert-OH is 1. The van der Waals surface area contributed by atoms with Crippen LogP contribution in [-0.2, 0) is 6.54 Å². The third-order valence-electron chi connectivity index (χ3n) is 5.16. The summed E-state index contributed by atoms with van der Waals surface area (Å²) < 4.78 is 0. The van der Waals surface area contributed by atoms with Crippen LogP contribution in [0.5, 0.6) is 0 Å². The van der Waals surface area contributed by atoms with Gasteiger partial charge in [0.2, 0.25) is 0 Å². The van der Waals surface area contributed by atoms with Crippen LogP contribution in [-0.4, -0.2) is 58.8 Å². The monoisotopic (exact) mass is 331 g/mol. The molecule has 132 valence electrons. The summed E-state index contributed by atoms with van der Waals surface area (Å²) in [5, 5.41) is 12.3. The van der Waals surface area contributed by atoms with Crippen LogP contribution < -0.4 is 5.32 Å². The van der Waals surface area contributed by atoms with Crippen molar-refractivity contribution in [2.45, 2.75) is 57.3 Å². The van der Waals surface area contributed by atoms with Gasteiger partial charge in [0, 0.05) is 37.8 Å². The SMILES string of the molecule is CC1CC(NC(=O)N(CCO)C2CC2)CCN1Cc1ccccc1. The van der Waals surface area contributed by atoms with Gasteiger partial charge in [-0.3, -0.25) is 4.90 Å². The van der Waals surface area contributed by atoms with Gasteiger partial charge < -0.3 is 15.3 Å². The van der Waals surface area contributed by atoms with Crippen molar-refractivity contribution in [3.63, 3.8) is 0 Å². The Morgan fingerprint density at radius 1 is 1.29 bits per heavy atom. The molecule has 2 N–H and O–H groups in total. The Kier molecular flexibility index (Phi) is 5.74. The lowest BCUT2D eigenvalue weighted by Crippen LogP contribution is -2.52. The van der Waals surface area contributed by atoms with Gasteiger partial charge in [-0.25, -0.2) is 4.79 Å². The Hall–Kier alpha value is -1.59. The minimum absolute atomic E-state index is 0.000240. The predicted octanol–water partition coefficient (Wildman–Crippen LogP) is 2.21. The van der Waals surface area contributed by atoms with E-state index in [-0.39, 0.29) is 18.7 Å². The number of rotatable bonds is 6. The van der Waals surface area contributed by atoms with Crippen LogP contribution in [0, 0.1) is 0 Å². The molecule has 1 aromatic carbocycles. The van der Waals surface area contributed by atoms with Gasteiger partial charge in [-0.05, 0) is 38.2 Å². The fourth-order valence-electron chi connectivity index (χ4n) is 3.61. The highest BCUT2D eigenvalue weighted by atomic mass is 16.3. The average molecular weight is 331 g/mol. The van der Waals surface area contributed by atoms with Gasteiger partial charge in [-0.1, -0.05) is 30.3 Å². The maximum Gasteiger partial charge on any atom is 0.317 e. The zero-order chi connectivity index (χ0) is 16.9. The number of carbonyl (C=O) groups is 1. The van der Waals surface area contributed by atoms with Crippen LogP contribution in [0.3, 0.4) is 0 Å². The summed E-state index contributed by atoms with van der Waals surface area (Å²) in [5.41, 5.74) is 1.34. The Labute approximate surface area is 144 Å². The molecule has 2 unspecified atom stereocenters. The van der Waals surface area contributed by atoms with Crippen molar-refractivity contribution in [3.05, 3.63) is 35.9 Å². The second-order valence-electron chi connectivity index (χ2n) is 7.12. The van der Waals surface area contributed by atoms with Crippen molar-refractivity contribution < 1.29 is 9.90 Å². The second-order valence-corrected chi connectivity index (χ2v) is 7.12. The first-order chi connectivity index (χ1) is 11.7. The number of nitrogens with one attached hydrogen (secondary N) is 1. The van der Waals surface area contributed by atoms with E-state index in [0.29, 0.717) is 18.6 Å². The fourth-order valence-corrected chi connectivity index (χ4v) is 3.61. The lowest BCUT2D eigenvalue weighted by molar-refractivity contribution is 0.122. The van der Waals surface area contributed by atoms with E-state index in [1.807, 2.05) is 6.07 Å². The fraction of sp³-hybridized carbons (Fsp3) is 0.632. The molecule has 1 aliphatic heterocycles. The number of amides is 2. The zero-order valence-electron chi connectivity index (χ0n) is 14.5. The Morgan fingerprint density at radius 3 is 2.67 bits per heavy atom. The van der Waals surface area contributed by atoms with Crippen LogP contribution in [0.1, 0.15) is 38.2 Å². The molecular weight excluding hydrogens is 302 g/mol. The van der Waals surface area contributed by atoms with E-state index in [1.54, 1.807) is 4.90 Å². The van der Waals surface area contributed by atoms with Crippen molar-refractivity contribution in [2.75, 3.05) is 19.7 Å². The minimum atomic E-state index is 0.000240. The molecule has 2 amide bonds. The molecule has 0 aromatic heterocycles. The van der Waals surface area contributed by atoms with Crippen LogP contribution in [0.15, 0.2) is 30.3 Å². The molecule has 1 saturated carbocycles. The summed E-state index contributed by atoms with van der Waals surface area (Å²) in [6, 6.07) is 11.6. The molecule has 0 radical (unpaired) electrons. The Morgan fingerprint density at radius 2 is 2.04 bits per heavy atom. The Bertz CT molecular complexity index is 533. The van der Waals surface area contributed by atoms with Crippen LogP contribution in [0.25, 0.3) is 0 Å². The van der Waals surface area contributed by atoms with E-state index in [9.17, 15) is 4.79 Å². The number of likely N-dealkylation sites (tertiary alicyclic amines) is 1. The van der Waals surface area contributed by atoms with E-state index < -0.39 is 0 Å². The normalized spacial score (nSPS) is 24.6. The summed E-state index contributed by atoms with van der Waals surface area (Å²) >= 11 is 0. The van der Waals surface area contributed by atoms with E-state index in [1.165, 1.54) is 5.56 Å². The van der Waals surface area contributed by atoms with Crippen LogP contribution >= 0.6 is 0 Å². The quantitative estimate of drug-likeness (QED) is 0.840. The van der Waals surface area contributed by atoms with Crippen molar-refractivity contribution in [1.29, 1.82) is 0 Å². The van der Waals surface area contributed by atoms with E-state index in [2.05, 4.69) is 41.4 Å². The molecule has 2 fully saturated rings. The topological polar surface area (TPSA) is 55.8 Å². The number of benzene rings is 1. The van der Waals surface area contributed by atoms with Crippen molar-refractivity contribution in [3.8, 4) is 0 Å². The molecule has 2 atom stereocenters. The first-order valence-corrected chi connectivity index (χ1v) is 9.13. The smallest absolute Gasteiger partial charge is 0.317 e. The van der Waals surface area contributed by atoms with Crippen molar-refractivity contribution >= 4 is 6.03 Å². The van der Waals surface area contributed by atoms with E-state index in [4.69, 9.17) is 5.11 Å². The van der Waals surface area contributed by atoms with Crippen molar-refractivity contribution in [2.24, 2.45) is 0 Å². The summed E-state index contributed by atoms with van der Waals surface area (Å²) in [7, 11) is 0. The zero-order valence-corrected chi connectivity index (χ0v) is 14.5. The predicted molar refractivity (Wildman–Crippen MR) is 94.7 cm³/mol. The lowest BCUT2D eigenvalue weighted by Gasteiger charge is -2.38. The standard InChI is InChI=1S/C19H29N3O2/c1-15-13-17(20-19(24)22(11-12-23)18-7-8-18)9-10-21(15)14-16-5-3-2-4-6-16/h2-6,15,17-18,23H,7-14H2,1H3,(H,20,24). The first kappa shape index (κ1) is 17.2. The number of piperidine rings is 1. The molecule has 0 bridgehead atoms. The third-order valence-corrected chi connectivity index (χ3v) is 5.16. The minimum Gasteiger partial charge on any atom is -0.395 e. The molecule has 1 saturated heterocycles. The molecule has 0 spiro atoms. The molecule has 5 nitrogen and oxygen atoms in total. The van der Waals surface area contributed by atoms with Crippen molar-refractivity contribution in [1.82, 2.24) is 15.1 Å². The highest BCUT2D eigenvalue weighted by Crippen LogP contribution is 2.27. The average Bonchev–Trinajstić information content (AvgIpc) is 3.41. The molecular formula is C19H29N3O2. The number of nitrogens with zero attached hydrogens (tertiary/aromatic N) is 2. The highest BCUT2D eigenvalue weighted by molar-refractivity contribution is 5.75. The maximum absolute atomic E-state index is 12.5. The van der Waals surface area contributed by atoms with Gasteiger partial charge in [-0.15, -0.1) is 0 Å². The molecule has 3 rings (SSSR count). The number of carbonyl (C=O) groups excluding carboxylic acids is 1.